The molecular formula is C18H16N2O4. The smallest absolute Gasteiger partial charge is 0.341 e. The van der Waals surface area contributed by atoms with Gasteiger partial charge in [0.15, 0.2) is 0 Å². The molecule has 1 aromatic carbocycles. The molecule has 0 bridgehead atoms. The summed E-state index contributed by atoms with van der Waals surface area (Å²) >= 11 is 0. The number of hydrogen-bond acceptors (Lipinski definition) is 4. The van der Waals surface area contributed by atoms with Crippen LogP contribution in [0, 0.1) is 0 Å². The van der Waals surface area contributed by atoms with Crippen molar-refractivity contribution in [2.75, 3.05) is 6.61 Å². The lowest BCUT2D eigenvalue weighted by molar-refractivity contribution is 0.0694. The van der Waals surface area contributed by atoms with Gasteiger partial charge in [0.2, 0.25) is 5.43 Å². The van der Waals surface area contributed by atoms with Gasteiger partial charge in [-0.25, -0.2) is 4.79 Å². The quantitative estimate of drug-likeness (QED) is 0.745. The van der Waals surface area contributed by atoms with Gasteiger partial charge in [-0.05, 0) is 41.8 Å². The highest BCUT2D eigenvalue weighted by atomic mass is 16.4. The molecule has 0 atom stereocenters. The van der Waals surface area contributed by atoms with Crippen LogP contribution in [0.4, 0.5) is 0 Å². The molecule has 0 amide bonds. The number of fused-ring (bicyclic) bond motifs is 1. The van der Waals surface area contributed by atoms with E-state index in [1.165, 1.54) is 6.20 Å². The average Bonchev–Trinajstić information content (AvgIpc) is 2.58. The summed E-state index contributed by atoms with van der Waals surface area (Å²) in [6, 6.07) is 9.19. The van der Waals surface area contributed by atoms with Crippen LogP contribution < -0.4 is 5.43 Å². The Labute approximate surface area is 137 Å². The maximum Gasteiger partial charge on any atom is 0.341 e. The number of aromatic nitrogens is 2. The second-order valence-electron chi connectivity index (χ2n) is 5.48. The van der Waals surface area contributed by atoms with Crippen LogP contribution in [0.15, 0.2) is 53.7 Å². The van der Waals surface area contributed by atoms with Gasteiger partial charge in [0, 0.05) is 30.5 Å². The van der Waals surface area contributed by atoms with Crippen molar-refractivity contribution in [3.05, 3.63) is 75.8 Å². The molecule has 0 spiro atoms. The van der Waals surface area contributed by atoms with Crippen LogP contribution in [0.25, 0.3) is 10.9 Å². The number of carboxylic acids is 1. The largest absolute Gasteiger partial charge is 0.477 e. The summed E-state index contributed by atoms with van der Waals surface area (Å²) in [6.45, 7) is 0.0799. The Balaban J connectivity index is 2.15. The van der Waals surface area contributed by atoms with Crippen molar-refractivity contribution in [3.8, 4) is 0 Å². The van der Waals surface area contributed by atoms with E-state index < -0.39 is 11.4 Å². The van der Waals surface area contributed by atoms with Gasteiger partial charge in [0.25, 0.3) is 0 Å². The van der Waals surface area contributed by atoms with E-state index in [-0.39, 0.29) is 18.7 Å². The number of aliphatic hydroxyl groups is 1. The number of aliphatic hydroxyl groups excluding tert-OH is 1. The van der Waals surface area contributed by atoms with Crippen LogP contribution in [-0.2, 0) is 13.0 Å². The monoisotopic (exact) mass is 324 g/mol. The van der Waals surface area contributed by atoms with Crippen molar-refractivity contribution in [1.82, 2.24) is 9.55 Å². The molecule has 2 heterocycles. The fourth-order valence-corrected chi connectivity index (χ4v) is 2.74. The summed E-state index contributed by atoms with van der Waals surface area (Å²) in [5, 5.41) is 18.8. The summed E-state index contributed by atoms with van der Waals surface area (Å²) < 4.78 is 1.59. The van der Waals surface area contributed by atoms with Gasteiger partial charge in [0.05, 0.1) is 12.1 Å². The van der Waals surface area contributed by atoms with Crippen molar-refractivity contribution in [2.24, 2.45) is 0 Å². The highest BCUT2D eigenvalue weighted by molar-refractivity contribution is 5.92. The molecule has 0 radical (unpaired) electrons. The Morgan fingerprint density at radius 3 is 2.54 bits per heavy atom. The minimum absolute atomic E-state index is 0.143. The number of carboxylic acid groups (broad SMARTS) is 1. The van der Waals surface area contributed by atoms with Crippen LogP contribution >= 0.6 is 0 Å². The number of rotatable bonds is 5. The Hall–Kier alpha value is -2.99. The van der Waals surface area contributed by atoms with Crippen molar-refractivity contribution in [1.29, 1.82) is 0 Å². The summed E-state index contributed by atoms with van der Waals surface area (Å²) in [4.78, 5) is 27.8. The van der Waals surface area contributed by atoms with E-state index in [4.69, 9.17) is 0 Å². The standard InChI is InChI=1S/C18H16N2O4/c21-8-7-20-11-15(18(23)24)17(22)14-10-13(1-2-16(14)20)9-12-3-5-19-6-4-12/h1-6,10-11,21H,7-9H2,(H,23,24). The Bertz CT molecular complexity index is 948. The van der Waals surface area contributed by atoms with Gasteiger partial charge in [0.1, 0.15) is 5.56 Å². The number of nitrogens with zero attached hydrogens (tertiary/aromatic N) is 2. The Morgan fingerprint density at radius 1 is 1.12 bits per heavy atom. The molecule has 0 aliphatic carbocycles. The molecule has 0 aliphatic rings. The maximum atomic E-state index is 12.5. The molecule has 0 aliphatic heterocycles. The second-order valence-corrected chi connectivity index (χ2v) is 5.48. The lowest BCUT2D eigenvalue weighted by Gasteiger charge is -2.12. The van der Waals surface area contributed by atoms with Crippen LogP contribution in [0.3, 0.4) is 0 Å². The van der Waals surface area contributed by atoms with Crippen LogP contribution in [0.5, 0.6) is 0 Å². The molecule has 3 aromatic rings. The molecule has 0 saturated carbocycles. The summed E-state index contributed by atoms with van der Waals surface area (Å²) in [6.07, 6.45) is 5.31. The van der Waals surface area contributed by atoms with Crippen molar-refractivity contribution >= 4 is 16.9 Å². The highest BCUT2D eigenvalue weighted by Crippen LogP contribution is 2.17. The zero-order valence-electron chi connectivity index (χ0n) is 12.8. The third kappa shape index (κ3) is 3.04. The van der Waals surface area contributed by atoms with E-state index in [0.29, 0.717) is 17.3 Å². The molecule has 0 saturated heterocycles. The number of benzene rings is 1. The second kappa shape index (κ2) is 6.64. The Morgan fingerprint density at radius 2 is 1.88 bits per heavy atom. The van der Waals surface area contributed by atoms with Gasteiger partial charge < -0.3 is 14.8 Å². The van der Waals surface area contributed by atoms with Gasteiger partial charge in [-0.15, -0.1) is 0 Å². The average molecular weight is 324 g/mol. The minimum Gasteiger partial charge on any atom is -0.477 e. The van der Waals surface area contributed by atoms with E-state index >= 15 is 0 Å². The highest BCUT2D eigenvalue weighted by Gasteiger charge is 2.14. The molecule has 6 nitrogen and oxygen atoms in total. The molecule has 6 heteroatoms. The van der Waals surface area contributed by atoms with Crippen molar-refractivity contribution < 1.29 is 15.0 Å². The van der Waals surface area contributed by atoms with Crippen LogP contribution in [0.1, 0.15) is 21.5 Å². The summed E-state index contributed by atoms with van der Waals surface area (Å²) in [5.41, 5.74) is 1.76. The molecule has 122 valence electrons. The minimum atomic E-state index is -1.27. The molecule has 24 heavy (non-hydrogen) atoms. The predicted octanol–water partition coefficient (Wildman–Crippen LogP) is 1.68. The molecule has 2 N–H and O–H groups in total. The topological polar surface area (TPSA) is 92.4 Å². The number of pyridine rings is 2. The van der Waals surface area contributed by atoms with E-state index in [1.807, 2.05) is 18.2 Å². The summed E-state index contributed by atoms with van der Waals surface area (Å²) in [5.74, 6) is -1.27. The first-order valence-corrected chi connectivity index (χ1v) is 7.49. The first-order chi connectivity index (χ1) is 11.6. The van der Waals surface area contributed by atoms with E-state index in [2.05, 4.69) is 4.98 Å². The van der Waals surface area contributed by atoms with Crippen molar-refractivity contribution in [2.45, 2.75) is 13.0 Å². The lowest BCUT2D eigenvalue weighted by atomic mass is 10.0. The lowest BCUT2D eigenvalue weighted by Crippen LogP contribution is -2.19. The number of hydrogen-bond donors (Lipinski definition) is 2. The Kier molecular flexibility index (Phi) is 4.39. The zero-order chi connectivity index (χ0) is 17.1. The third-order valence-electron chi connectivity index (χ3n) is 3.87. The maximum absolute atomic E-state index is 12.5. The first-order valence-electron chi connectivity index (χ1n) is 7.49. The third-order valence-corrected chi connectivity index (χ3v) is 3.87. The SMILES string of the molecule is O=C(O)c1cn(CCO)c2ccc(Cc3ccncc3)cc2c1=O. The fraction of sp³-hybridized carbons (Fsp3) is 0.167. The first kappa shape index (κ1) is 15.9. The van der Waals surface area contributed by atoms with Crippen molar-refractivity contribution in [3.63, 3.8) is 0 Å². The van der Waals surface area contributed by atoms with Gasteiger partial charge in [-0.2, -0.15) is 0 Å². The molecular weight excluding hydrogens is 308 g/mol. The van der Waals surface area contributed by atoms with E-state index in [9.17, 15) is 19.8 Å². The molecule has 3 rings (SSSR count). The van der Waals surface area contributed by atoms with Crippen LogP contribution in [0.2, 0.25) is 0 Å². The van der Waals surface area contributed by atoms with E-state index in [1.54, 1.807) is 29.1 Å². The van der Waals surface area contributed by atoms with Gasteiger partial charge >= 0.3 is 5.97 Å². The molecule has 2 aromatic heterocycles. The van der Waals surface area contributed by atoms with E-state index in [0.717, 1.165) is 11.1 Å². The normalized spacial score (nSPS) is 10.9. The predicted molar refractivity (Wildman–Crippen MR) is 89.3 cm³/mol. The molecule has 0 unspecified atom stereocenters. The summed E-state index contributed by atoms with van der Waals surface area (Å²) in [7, 11) is 0. The number of aromatic carboxylic acids is 1. The molecule has 0 fully saturated rings. The van der Waals surface area contributed by atoms with Gasteiger partial charge in [-0.3, -0.25) is 9.78 Å². The number of carbonyl (C=O) groups is 1. The van der Waals surface area contributed by atoms with Gasteiger partial charge in [-0.1, -0.05) is 6.07 Å². The fourth-order valence-electron chi connectivity index (χ4n) is 2.74. The van der Waals surface area contributed by atoms with Crippen LogP contribution in [-0.4, -0.2) is 32.3 Å². The zero-order valence-corrected chi connectivity index (χ0v) is 12.8.